The minimum Gasteiger partial charge on any atom is -0.306 e. The van der Waals surface area contributed by atoms with Crippen LogP contribution in [-0.2, 0) is 0 Å². The molecule has 1 N–H and O–H groups in total. The van der Waals surface area contributed by atoms with E-state index in [0.29, 0.717) is 11.5 Å². The highest BCUT2D eigenvalue weighted by molar-refractivity contribution is 6.19. The average molecular weight is 241 g/mol. The standard InChI is InChI=1S/C14H15N3O/c1-14(6-7-14)11-8-15-13-16-12(18)9-4-2-3-5-10(9)17(11)13/h2-5,11H,6-8H2,1H3,(H,15,16,18). The molecule has 1 atom stereocenters. The van der Waals surface area contributed by atoms with Crippen LogP contribution in [0, 0.1) is 5.41 Å². The van der Waals surface area contributed by atoms with Crippen molar-refractivity contribution < 1.29 is 4.79 Å². The number of hydrogen-bond acceptors (Lipinski definition) is 3. The van der Waals surface area contributed by atoms with E-state index in [-0.39, 0.29) is 5.91 Å². The Bertz CT molecular complexity index is 574. The normalized spacial score (nSPS) is 27.2. The van der Waals surface area contributed by atoms with Crippen molar-refractivity contribution in [3.05, 3.63) is 29.8 Å². The number of anilines is 1. The Morgan fingerprint density at radius 3 is 2.94 bits per heavy atom. The van der Waals surface area contributed by atoms with Crippen LogP contribution in [0.25, 0.3) is 0 Å². The third-order valence-electron chi connectivity index (χ3n) is 4.43. The van der Waals surface area contributed by atoms with E-state index in [0.717, 1.165) is 23.8 Å². The third-order valence-corrected chi connectivity index (χ3v) is 4.43. The molecule has 2 heterocycles. The smallest absolute Gasteiger partial charge is 0.260 e. The van der Waals surface area contributed by atoms with Gasteiger partial charge in [-0.3, -0.25) is 15.1 Å². The molecule has 1 amide bonds. The van der Waals surface area contributed by atoms with E-state index in [2.05, 4.69) is 22.1 Å². The molecule has 1 aromatic carbocycles. The van der Waals surface area contributed by atoms with Gasteiger partial charge in [-0.1, -0.05) is 19.1 Å². The number of nitrogens with zero attached hydrogens (tertiary/aromatic N) is 2. The van der Waals surface area contributed by atoms with Gasteiger partial charge < -0.3 is 4.90 Å². The summed E-state index contributed by atoms with van der Waals surface area (Å²) in [7, 11) is 0. The minimum absolute atomic E-state index is 0.0396. The second kappa shape index (κ2) is 3.13. The molecule has 0 bridgehead atoms. The van der Waals surface area contributed by atoms with Crippen molar-refractivity contribution in [2.24, 2.45) is 10.4 Å². The van der Waals surface area contributed by atoms with Gasteiger partial charge in [0.05, 0.1) is 23.8 Å². The summed E-state index contributed by atoms with van der Waals surface area (Å²) in [5.41, 5.74) is 2.13. The van der Waals surface area contributed by atoms with Crippen molar-refractivity contribution in [1.82, 2.24) is 5.32 Å². The molecule has 1 fully saturated rings. The minimum atomic E-state index is -0.0396. The zero-order valence-electron chi connectivity index (χ0n) is 10.3. The Kier molecular flexibility index (Phi) is 1.76. The first-order chi connectivity index (χ1) is 8.69. The van der Waals surface area contributed by atoms with Gasteiger partial charge >= 0.3 is 0 Å². The fraction of sp³-hybridized carbons (Fsp3) is 0.429. The van der Waals surface area contributed by atoms with Gasteiger partial charge in [0, 0.05) is 0 Å². The second-order valence-electron chi connectivity index (χ2n) is 5.68. The summed E-state index contributed by atoms with van der Waals surface area (Å²) in [5, 5.41) is 2.90. The van der Waals surface area contributed by atoms with Crippen molar-refractivity contribution in [2.45, 2.75) is 25.8 Å². The summed E-state index contributed by atoms with van der Waals surface area (Å²) in [6.07, 6.45) is 2.51. The first-order valence-electron chi connectivity index (χ1n) is 6.43. The highest BCUT2D eigenvalue weighted by Gasteiger charge is 2.52. The van der Waals surface area contributed by atoms with Crippen LogP contribution in [0.5, 0.6) is 0 Å². The molecule has 2 aliphatic heterocycles. The lowest BCUT2D eigenvalue weighted by atomic mass is 9.96. The van der Waals surface area contributed by atoms with Gasteiger partial charge in [-0.15, -0.1) is 0 Å². The number of guanidine groups is 1. The van der Waals surface area contributed by atoms with Gasteiger partial charge in [-0.25, -0.2) is 0 Å². The number of benzene rings is 1. The highest BCUT2D eigenvalue weighted by Crippen LogP contribution is 2.52. The van der Waals surface area contributed by atoms with Crippen molar-refractivity contribution >= 4 is 17.6 Å². The molecule has 4 nitrogen and oxygen atoms in total. The molecule has 4 rings (SSSR count). The number of nitrogens with one attached hydrogen (secondary N) is 1. The van der Waals surface area contributed by atoms with E-state index < -0.39 is 0 Å². The predicted molar refractivity (Wildman–Crippen MR) is 69.8 cm³/mol. The lowest BCUT2D eigenvalue weighted by Crippen LogP contribution is -2.52. The monoisotopic (exact) mass is 241 g/mol. The highest BCUT2D eigenvalue weighted by atomic mass is 16.2. The molecular formula is C14H15N3O. The second-order valence-corrected chi connectivity index (χ2v) is 5.68. The van der Waals surface area contributed by atoms with Crippen LogP contribution in [0.3, 0.4) is 0 Å². The van der Waals surface area contributed by atoms with E-state index >= 15 is 0 Å². The Balaban J connectivity index is 1.84. The first kappa shape index (κ1) is 10.1. The van der Waals surface area contributed by atoms with Gasteiger partial charge in [-0.05, 0) is 30.4 Å². The topological polar surface area (TPSA) is 44.7 Å². The van der Waals surface area contributed by atoms with Gasteiger partial charge in [0.2, 0.25) is 5.96 Å². The Morgan fingerprint density at radius 2 is 2.17 bits per heavy atom. The molecule has 3 aliphatic rings. The van der Waals surface area contributed by atoms with E-state index in [4.69, 9.17) is 0 Å². The lowest BCUT2D eigenvalue weighted by molar-refractivity contribution is 0.0974. The number of fused-ring (bicyclic) bond motifs is 3. The van der Waals surface area contributed by atoms with Crippen LogP contribution in [-0.4, -0.2) is 24.5 Å². The number of rotatable bonds is 1. The van der Waals surface area contributed by atoms with Crippen LogP contribution in [0.15, 0.2) is 29.3 Å². The third kappa shape index (κ3) is 1.20. The van der Waals surface area contributed by atoms with Crippen LogP contribution >= 0.6 is 0 Å². The fourth-order valence-electron chi connectivity index (χ4n) is 2.97. The summed E-state index contributed by atoms with van der Waals surface area (Å²) in [4.78, 5) is 18.7. The van der Waals surface area contributed by atoms with E-state index in [1.54, 1.807) is 0 Å². The van der Waals surface area contributed by atoms with Gasteiger partial charge in [0.1, 0.15) is 0 Å². The van der Waals surface area contributed by atoms with Crippen molar-refractivity contribution in [1.29, 1.82) is 0 Å². The van der Waals surface area contributed by atoms with Crippen molar-refractivity contribution in [3.63, 3.8) is 0 Å². The van der Waals surface area contributed by atoms with E-state index in [1.165, 1.54) is 12.8 Å². The number of para-hydroxylation sites is 1. The molecule has 1 saturated carbocycles. The summed E-state index contributed by atoms with van der Waals surface area (Å²) in [6, 6.07) is 8.19. The summed E-state index contributed by atoms with van der Waals surface area (Å²) in [6.45, 7) is 3.11. The van der Waals surface area contributed by atoms with Crippen molar-refractivity contribution in [2.75, 3.05) is 11.4 Å². The molecule has 18 heavy (non-hydrogen) atoms. The largest absolute Gasteiger partial charge is 0.306 e. The number of carbonyl (C=O) groups is 1. The first-order valence-corrected chi connectivity index (χ1v) is 6.43. The molecule has 1 aliphatic carbocycles. The maximum absolute atomic E-state index is 12.0. The van der Waals surface area contributed by atoms with Gasteiger partial charge in [-0.2, -0.15) is 0 Å². The molecule has 0 aromatic heterocycles. The molecule has 1 aromatic rings. The molecule has 0 saturated heterocycles. The number of aliphatic imine (C=N–C) groups is 1. The van der Waals surface area contributed by atoms with E-state index in [9.17, 15) is 4.79 Å². The Labute approximate surface area is 106 Å². The molecule has 92 valence electrons. The zero-order chi connectivity index (χ0) is 12.3. The SMILES string of the molecule is CC1(C2CN=C3NC(=O)c4ccccc4N32)CC1. The quantitative estimate of drug-likeness (QED) is 0.814. The molecule has 4 heteroatoms. The van der Waals surface area contributed by atoms with Gasteiger partial charge in [0.25, 0.3) is 5.91 Å². The molecule has 1 unspecified atom stereocenters. The summed E-state index contributed by atoms with van der Waals surface area (Å²) < 4.78 is 0. The fourth-order valence-corrected chi connectivity index (χ4v) is 2.97. The van der Waals surface area contributed by atoms with Crippen LogP contribution in [0.1, 0.15) is 30.1 Å². The lowest BCUT2D eigenvalue weighted by Gasteiger charge is -2.35. The number of amides is 1. The van der Waals surface area contributed by atoms with E-state index in [1.807, 2.05) is 24.3 Å². The Morgan fingerprint density at radius 1 is 1.39 bits per heavy atom. The number of carbonyl (C=O) groups excluding carboxylic acids is 1. The maximum atomic E-state index is 12.0. The van der Waals surface area contributed by atoms with Crippen LogP contribution in [0.4, 0.5) is 5.69 Å². The molecular weight excluding hydrogens is 226 g/mol. The molecule has 0 spiro atoms. The van der Waals surface area contributed by atoms with Crippen LogP contribution in [0.2, 0.25) is 0 Å². The predicted octanol–water partition coefficient (Wildman–Crippen LogP) is 1.77. The van der Waals surface area contributed by atoms with Gasteiger partial charge in [0.15, 0.2) is 0 Å². The molecule has 0 radical (unpaired) electrons. The average Bonchev–Trinajstić information content (AvgIpc) is 2.97. The summed E-state index contributed by atoms with van der Waals surface area (Å²) in [5.74, 6) is 0.694. The van der Waals surface area contributed by atoms with Crippen molar-refractivity contribution in [3.8, 4) is 0 Å². The van der Waals surface area contributed by atoms with Crippen LogP contribution < -0.4 is 10.2 Å². The Hall–Kier alpha value is -1.84. The summed E-state index contributed by atoms with van der Waals surface area (Å²) >= 11 is 0. The zero-order valence-corrected chi connectivity index (χ0v) is 10.3. The number of hydrogen-bond donors (Lipinski definition) is 1. The maximum Gasteiger partial charge on any atom is 0.260 e.